The molecule has 6 heteroatoms. The van der Waals surface area contributed by atoms with Crippen LogP contribution in [0.5, 0.6) is 5.75 Å². The van der Waals surface area contributed by atoms with Gasteiger partial charge in [0.25, 0.3) is 0 Å². The van der Waals surface area contributed by atoms with Crippen molar-refractivity contribution in [3.63, 3.8) is 0 Å². The summed E-state index contributed by atoms with van der Waals surface area (Å²) in [7, 11) is 1.71. The number of rotatable bonds is 8. The van der Waals surface area contributed by atoms with Crippen molar-refractivity contribution in [3.8, 4) is 5.75 Å². The van der Waals surface area contributed by atoms with E-state index in [1.807, 2.05) is 18.2 Å². The van der Waals surface area contributed by atoms with E-state index < -0.39 is 0 Å². The number of hydrogen-bond acceptors (Lipinski definition) is 4. The molecule has 5 nitrogen and oxygen atoms in total. The molecule has 0 radical (unpaired) electrons. The molecule has 2 N–H and O–H groups in total. The van der Waals surface area contributed by atoms with Gasteiger partial charge in [0, 0.05) is 24.4 Å². The first-order valence-electron chi connectivity index (χ1n) is 8.72. The van der Waals surface area contributed by atoms with E-state index in [1.54, 1.807) is 18.4 Å². The Labute approximate surface area is 154 Å². The van der Waals surface area contributed by atoms with E-state index in [0.29, 0.717) is 12.5 Å². The monoisotopic (exact) mass is 360 g/mol. The molecule has 2 rings (SSSR count). The molecule has 0 spiro atoms. The fourth-order valence-electron chi connectivity index (χ4n) is 2.39. The van der Waals surface area contributed by atoms with Crippen LogP contribution in [0.3, 0.4) is 0 Å². The Morgan fingerprint density at radius 1 is 1.28 bits per heavy atom. The molecule has 1 aromatic carbocycles. The van der Waals surface area contributed by atoms with Crippen molar-refractivity contribution in [3.05, 3.63) is 45.9 Å². The average molecular weight is 361 g/mol. The molecule has 0 aliphatic carbocycles. The van der Waals surface area contributed by atoms with Gasteiger partial charge in [-0.3, -0.25) is 0 Å². The van der Waals surface area contributed by atoms with Gasteiger partial charge in [-0.25, -0.2) is 9.98 Å². The summed E-state index contributed by atoms with van der Waals surface area (Å²) >= 11 is 1.71. The average Bonchev–Trinajstić information content (AvgIpc) is 3.09. The van der Waals surface area contributed by atoms with Crippen molar-refractivity contribution in [1.29, 1.82) is 0 Å². The van der Waals surface area contributed by atoms with Gasteiger partial charge in [-0.2, -0.15) is 0 Å². The van der Waals surface area contributed by atoms with E-state index in [0.717, 1.165) is 36.9 Å². The van der Waals surface area contributed by atoms with Crippen molar-refractivity contribution in [1.82, 2.24) is 15.6 Å². The van der Waals surface area contributed by atoms with Crippen molar-refractivity contribution >= 4 is 17.3 Å². The van der Waals surface area contributed by atoms with Crippen LogP contribution in [0.15, 0.2) is 34.6 Å². The van der Waals surface area contributed by atoms with E-state index in [1.165, 1.54) is 10.6 Å². The second-order valence-corrected chi connectivity index (χ2v) is 6.91. The summed E-state index contributed by atoms with van der Waals surface area (Å²) in [4.78, 5) is 9.27. The zero-order chi connectivity index (χ0) is 18.1. The number of aromatic nitrogens is 1. The largest absolute Gasteiger partial charge is 0.496 e. The first kappa shape index (κ1) is 19.2. The minimum atomic E-state index is 0.468. The lowest BCUT2D eigenvalue weighted by molar-refractivity contribution is 0.409. The fourth-order valence-corrected chi connectivity index (χ4v) is 3.21. The molecule has 0 unspecified atom stereocenters. The molecule has 0 amide bonds. The van der Waals surface area contributed by atoms with Crippen molar-refractivity contribution in [2.24, 2.45) is 4.99 Å². The van der Waals surface area contributed by atoms with E-state index in [-0.39, 0.29) is 0 Å². The second-order valence-electron chi connectivity index (χ2n) is 6.02. The topological polar surface area (TPSA) is 58.5 Å². The van der Waals surface area contributed by atoms with Crippen molar-refractivity contribution in [2.75, 3.05) is 20.2 Å². The summed E-state index contributed by atoms with van der Waals surface area (Å²) in [5, 5.41) is 9.92. The van der Waals surface area contributed by atoms with E-state index in [4.69, 9.17) is 4.74 Å². The van der Waals surface area contributed by atoms with E-state index in [2.05, 4.69) is 52.8 Å². The Kier molecular flexibility index (Phi) is 7.73. The van der Waals surface area contributed by atoms with Gasteiger partial charge in [0.05, 0.1) is 24.4 Å². The minimum absolute atomic E-state index is 0.468. The third-order valence-corrected chi connectivity index (χ3v) is 4.88. The molecule has 1 aromatic heterocycles. The van der Waals surface area contributed by atoms with Crippen molar-refractivity contribution in [2.45, 2.75) is 39.7 Å². The molecule has 1 heterocycles. The van der Waals surface area contributed by atoms with E-state index >= 15 is 0 Å². The lowest BCUT2D eigenvalue weighted by Crippen LogP contribution is -2.38. The van der Waals surface area contributed by atoms with Crippen LogP contribution in [0.2, 0.25) is 0 Å². The standard InChI is InChI=1S/C19H28N4OS/c1-5-20-19(22-12-16-13-25-18(23-16)14(2)3)21-11-10-15-8-6-7-9-17(15)24-4/h6-9,13-14H,5,10-12H2,1-4H3,(H2,20,21,22). The number of ether oxygens (including phenoxy) is 1. The molecule has 136 valence electrons. The third kappa shape index (κ3) is 6.05. The summed E-state index contributed by atoms with van der Waals surface area (Å²) < 4.78 is 5.40. The number of methoxy groups -OCH3 is 1. The predicted molar refractivity (Wildman–Crippen MR) is 106 cm³/mol. The molecular formula is C19H28N4OS. The maximum Gasteiger partial charge on any atom is 0.191 e. The first-order valence-corrected chi connectivity index (χ1v) is 9.60. The van der Waals surface area contributed by atoms with Crippen LogP contribution in [0, 0.1) is 0 Å². The Morgan fingerprint density at radius 3 is 2.76 bits per heavy atom. The number of aliphatic imine (C=N–C) groups is 1. The molecule has 0 atom stereocenters. The molecular weight excluding hydrogens is 332 g/mol. The highest BCUT2D eigenvalue weighted by molar-refractivity contribution is 7.09. The van der Waals surface area contributed by atoms with Gasteiger partial charge in [0.15, 0.2) is 5.96 Å². The Bertz CT molecular complexity index is 682. The Hall–Kier alpha value is -2.08. The molecule has 2 aromatic rings. The van der Waals surface area contributed by atoms with Crippen LogP contribution in [0.1, 0.15) is 43.0 Å². The number of thiazole rings is 1. The highest BCUT2D eigenvalue weighted by Gasteiger charge is 2.06. The number of nitrogens with zero attached hydrogens (tertiary/aromatic N) is 2. The summed E-state index contributed by atoms with van der Waals surface area (Å²) in [6.07, 6.45) is 0.878. The molecule has 0 fully saturated rings. The fraction of sp³-hybridized carbons (Fsp3) is 0.474. The van der Waals surface area contributed by atoms with Gasteiger partial charge in [-0.05, 0) is 25.0 Å². The van der Waals surface area contributed by atoms with Crippen LogP contribution in [0.25, 0.3) is 0 Å². The molecule has 25 heavy (non-hydrogen) atoms. The number of guanidine groups is 1. The zero-order valence-electron chi connectivity index (χ0n) is 15.5. The summed E-state index contributed by atoms with van der Waals surface area (Å²) in [6, 6.07) is 8.10. The Balaban J connectivity index is 1.90. The highest BCUT2D eigenvalue weighted by atomic mass is 32.1. The van der Waals surface area contributed by atoms with Crippen LogP contribution < -0.4 is 15.4 Å². The number of para-hydroxylation sites is 1. The number of hydrogen-bond donors (Lipinski definition) is 2. The maximum atomic E-state index is 5.40. The SMILES string of the molecule is CCNC(=NCc1csc(C(C)C)n1)NCCc1ccccc1OC. The van der Waals surface area contributed by atoms with Crippen molar-refractivity contribution < 1.29 is 4.74 Å². The third-order valence-electron chi connectivity index (χ3n) is 3.69. The Morgan fingerprint density at radius 2 is 2.08 bits per heavy atom. The molecule has 0 saturated carbocycles. The van der Waals surface area contributed by atoms with Gasteiger partial charge in [0.2, 0.25) is 0 Å². The van der Waals surface area contributed by atoms with Crippen LogP contribution in [-0.2, 0) is 13.0 Å². The van der Waals surface area contributed by atoms with Gasteiger partial charge < -0.3 is 15.4 Å². The van der Waals surface area contributed by atoms with Crippen LogP contribution >= 0.6 is 11.3 Å². The van der Waals surface area contributed by atoms with Gasteiger partial charge in [0.1, 0.15) is 5.75 Å². The summed E-state index contributed by atoms with van der Waals surface area (Å²) in [5.74, 6) is 2.21. The quantitative estimate of drug-likeness (QED) is 0.558. The van der Waals surface area contributed by atoms with Crippen LogP contribution in [-0.4, -0.2) is 31.1 Å². The lowest BCUT2D eigenvalue weighted by Gasteiger charge is -2.12. The maximum absolute atomic E-state index is 5.40. The van der Waals surface area contributed by atoms with Gasteiger partial charge >= 0.3 is 0 Å². The zero-order valence-corrected chi connectivity index (χ0v) is 16.3. The summed E-state index contributed by atoms with van der Waals surface area (Å²) in [5.41, 5.74) is 2.21. The second kappa shape index (κ2) is 10.0. The molecule has 0 aliphatic heterocycles. The number of nitrogens with one attached hydrogen (secondary N) is 2. The number of benzene rings is 1. The molecule has 0 bridgehead atoms. The molecule has 0 saturated heterocycles. The van der Waals surface area contributed by atoms with Gasteiger partial charge in [-0.1, -0.05) is 32.0 Å². The van der Waals surface area contributed by atoms with Gasteiger partial charge in [-0.15, -0.1) is 11.3 Å². The summed E-state index contributed by atoms with van der Waals surface area (Å²) in [6.45, 7) is 8.60. The normalized spacial score (nSPS) is 11.6. The smallest absolute Gasteiger partial charge is 0.191 e. The molecule has 0 aliphatic rings. The minimum Gasteiger partial charge on any atom is -0.496 e. The van der Waals surface area contributed by atoms with Crippen LogP contribution in [0.4, 0.5) is 0 Å². The lowest BCUT2D eigenvalue weighted by atomic mass is 10.1. The van der Waals surface area contributed by atoms with E-state index in [9.17, 15) is 0 Å². The first-order chi connectivity index (χ1) is 12.1. The predicted octanol–water partition coefficient (Wildman–Crippen LogP) is 3.57. The highest BCUT2D eigenvalue weighted by Crippen LogP contribution is 2.19.